The molecular formula is C19H25N3O2S2. The molecule has 0 saturated carbocycles. The first-order valence-electron chi connectivity index (χ1n) is 8.86. The Kier molecular flexibility index (Phi) is 6.45. The minimum Gasteiger partial charge on any atom is -0.354 e. The van der Waals surface area contributed by atoms with E-state index in [1.54, 1.807) is 11.3 Å². The van der Waals surface area contributed by atoms with Gasteiger partial charge in [-0.2, -0.15) is 0 Å². The molecule has 3 heterocycles. The van der Waals surface area contributed by atoms with Crippen LogP contribution < -0.4 is 5.32 Å². The summed E-state index contributed by atoms with van der Waals surface area (Å²) in [6.07, 6.45) is 1.71. The average Bonchev–Trinajstić information content (AvgIpc) is 3.35. The Balaban J connectivity index is 1.56. The van der Waals surface area contributed by atoms with Gasteiger partial charge in [-0.1, -0.05) is 12.1 Å². The lowest BCUT2D eigenvalue weighted by atomic mass is 9.96. The zero-order valence-corrected chi connectivity index (χ0v) is 16.8. The Morgan fingerprint density at radius 2 is 2.04 bits per heavy atom. The molecule has 0 spiro atoms. The molecule has 0 bridgehead atoms. The monoisotopic (exact) mass is 391 g/mol. The van der Waals surface area contributed by atoms with Crippen LogP contribution >= 0.6 is 22.7 Å². The molecule has 0 aliphatic carbocycles. The summed E-state index contributed by atoms with van der Waals surface area (Å²) in [6.45, 7) is 1.83. The third-order valence-electron chi connectivity index (χ3n) is 4.78. The number of nitrogens with one attached hydrogen (secondary N) is 1. The van der Waals surface area contributed by atoms with Crippen LogP contribution in [0.2, 0.25) is 0 Å². The molecule has 7 heteroatoms. The highest BCUT2D eigenvalue weighted by Gasteiger charge is 2.29. The number of likely N-dealkylation sites (N-methyl/N-ethyl adjacent to an activating group) is 1. The lowest BCUT2D eigenvalue weighted by Gasteiger charge is -2.32. The summed E-state index contributed by atoms with van der Waals surface area (Å²) < 4.78 is 0. The minimum atomic E-state index is -0.126. The molecule has 1 fully saturated rings. The SMILES string of the molecule is CN(C)[C@H](CNC(=O)[C@@H]1CCCN(C(=O)c2cccs2)C1)c1cccs1. The van der Waals surface area contributed by atoms with Crippen LogP contribution in [-0.4, -0.2) is 55.3 Å². The van der Waals surface area contributed by atoms with Crippen LogP contribution in [0.3, 0.4) is 0 Å². The van der Waals surface area contributed by atoms with E-state index in [1.165, 1.54) is 16.2 Å². The van der Waals surface area contributed by atoms with E-state index in [4.69, 9.17) is 0 Å². The molecule has 1 saturated heterocycles. The number of hydrogen-bond acceptors (Lipinski definition) is 5. The molecule has 0 radical (unpaired) electrons. The van der Waals surface area contributed by atoms with E-state index >= 15 is 0 Å². The molecule has 0 unspecified atom stereocenters. The molecular weight excluding hydrogens is 366 g/mol. The second-order valence-electron chi connectivity index (χ2n) is 6.81. The second kappa shape index (κ2) is 8.79. The standard InChI is InChI=1S/C19H25N3O2S2/c1-21(2)15(16-7-4-10-25-16)12-20-18(23)14-6-3-9-22(13-14)19(24)17-8-5-11-26-17/h4-5,7-8,10-11,14-15H,3,6,9,12-13H2,1-2H3,(H,20,23)/t14-,15-/m1/s1. The van der Waals surface area contributed by atoms with Gasteiger partial charge in [-0.25, -0.2) is 0 Å². The van der Waals surface area contributed by atoms with Gasteiger partial charge in [0, 0.05) is 24.5 Å². The largest absolute Gasteiger partial charge is 0.354 e. The zero-order valence-electron chi connectivity index (χ0n) is 15.2. The molecule has 2 atom stereocenters. The van der Waals surface area contributed by atoms with Gasteiger partial charge in [0.2, 0.25) is 5.91 Å². The predicted molar refractivity (Wildman–Crippen MR) is 107 cm³/mol. The fraction of sp³-hybridized carbons (Fsp3) is 0.474. The Morgan fingerprint density at radius 1 is 1.27 bits per heavy atom. The van der Waals surface area contributed by atoms with Crippen molar-refractivity contribution >= 4 is 34.5 Å². The van der Waals surface area contributed by atoms with E-state index in [2.05, 4.69) is 21.7 Å². The third kappa shape index (κ3) is 4.52. The topological polar surface area (TPSA) is 52.7 Å². The molecule has 26 heavy (non-hydrogen) atoms. The second-order valence-corrected chi connectivity index (χ2v) is 8.73. The van der Waals surface area contributed by atoms with E-state index in [1.807, 2.05) is 42.6 Å². The van der Waals surface area contributed by atoms with Crippen molar-refractivity contribution in [1.29, 1.82) is 0 Å². The van der Waals surface area contributed by atoms with Crippen molar-refractivity contribution < 1.29 is 9.59 Å². The number of likely N-dealkylation sites (tertiary alicyclic amines) is 1. The summed E-state index contributed by atoms with van der Waals surface area (Å²) in [5.74, 6) is -0.0295. The highest BCUT2D eigenvalue weighted by atomic mass is 32.1. The van der Waals surface area contributed by atoms with Crippen molar-refractivity contribution in [2.24, 2.45) is 5.92 Å². The lowest BCUT2D eigenvalue weighted by Crippen LogP contribution is -2.46. The van der Waals surface area contributed by atoms with Crippen molar-refractivity contribution in [3.8, 4) is 0 Å². The Hall–Kier alpha value is -1.70. The first-order chi connectivity index (χ1) is 12.6. The molecule has 2 aromatic rings. The van der Waals surface area contributed by atoms with Crippen LogP contribution in [0.1, 0.15) is 33.4 Å². The highest BCUT2D eigenvalue weighted by molar-refractivity contribution is 7.12. The Morgan fingerprint density at radius 3 is 2.69 bits per heavy atom. The number of hydrogen-bond donors (Lipinski definition) is 1. The lowest BCUT2D eigenvalue weighted by molar-refractivity contribution is -0.126. The summed E-state index contributed by atoms with van der Waals surface area (Å²) in [7, 11) is 4.05. The van der Waals surface area contributed by atoms with Crippen molar-refractivity contribution in [1.82, 2.24) is 15.1 Å². The van der Waals surface area contributed by atoms with Crippen LogP contribution in [0.4, 0.5) is 0 Å². The minimum absolute atomic E-state index is 0.0438. The smallest absolute Gasteiger partial charge is 0.263 e. The van der Waals surface area contributed by atoms with Crippen LogP contribution in [0.5, 0.6) is 0 Å². The number of nitrogens with zero attached hydrogens (tertiary/aromatic N) is 2. The van der Waals surface area contributed by atoms with E-state index < -0.39 is 0 Å². The number of carbonyl (C=O) groups is 2. The Labute approximate surface area is 162 Å². The van der Waals surface area contributed by atoms with Gasteiger partial charge >= 0.3 is 0 Å². The summed E-state index contributed by atoms with van der Waals surface area (Å²) in [5, 5.41) is 7.08. The number of rotatable bonds is 6. The first-order valence-corrected chi connectivity index (χ1v) is 10.6. The number of carbonyl (C=O) groups excluding carboxylic acids is 2. The van der Waals surface area contributed by atoms with Crippen molar-refractivity contribution in [2.75, 3.05) is 33.7 Å². The molecule has 2 aromatic heterocycles. The molecule has 5 nitrogen and oxygen atoms in total. The highest BCUT2D eigenvalue weighted by Crippen LogP contribution is 2.24. The van der Waals surface area contributed by atoms with Crippen molar-refractivity contribution in [3.63, 3.8) is 0 Å². The van der Waals surface area contributed by atoms with Gasteiger partial charge in [-0.05, 0) is 49.8 Å². The maximum atomic E-state index is 12.7. The van der Waals surface area contributed by atoms with Crippen LogP contribution in [-0.2, 0) is 4.79 Å². The van der Waals surface area contributed by atoms with E-state index in [9.17, 15) is 9.59 Å². The summed E-state index contributed by atoms with van der Waals surface area (Å²) in [5.41, 5.74) is 0. The number of piperidine rings is 1. The van der Waals surface area contributed by atoms with E-state index in [-0.39, 0.29) is 23.8 Å². The van der Waals surface area contributed by atoms with Gasteiger partial charge in [0.25, 0.3) is 5.91 Å². The van der Waals surface area contributed by atoms with Gasteiger partial charge in [0.05, 0.1) is 16.8 Å². The third-order valence-corrected chi connectivity index (χ3v) is 6.61. The van der Waals surface area contributed by atoms with Crippen molar-refractivity contribution in [2.45, 2.75) is 18.9 Å². The molecule has 0 aromatic carbocycles. The first kappa shape index (κ1) is 19.1. The van der Waals surface area contributed by atoms with Crippen LogP contribution in [0, 0.1) is 5.92 Å². The fourth-order valence-corrected chi connectivity index (χ4v) is 4.91. The molecule has 1 aliphatic rings. The number of amides is 2. The van der Waals surface area contributed by atoms with Gasteiger partial charge in [-0.3, -0.25) is 9.59 Å². The number of thiophene rings is 2. The molecule has 1 N–H and O–H groups in total. The Bertz CT molecular complexity index is 713. The van der Waals surface area contributed by atoms with Crippen LogP contribution in [0.15, 0.2) is 35.0 Å². The normalized spacial score (nSPS) is 18.7. The van der Waals surface area contributed by atoms with Crippen molar-refractivity contribution in [3.05, 3.63) is 44.8 Å². The van der Waals surface area contributed by atoms with E-state index in [0.717, 1.165) is 24.3 Å². The molecule has 1 aliphatic heterocycles. The van der Waals surface area contributed by atoms with Crippen LogP contribution in [0.25, 0.3) is 0 Å². The van der Waals surface area contributed by atoms with Gasteiger partial charge < -0.3 is 15.1 Å². The molecule has 2 amide bonds. The molecule has 140 valence electrons. The quantitative estimate of drug-likeness (QED) is 0.823. The summed E-state index contributed by atoms with van der Waals surface area (Å²) in [6, 6.07) is 8.04. The van der Waals surface area contributed by atoms with E-state index in [0.29, 0.717) is 13.1 Å². The summed E-state index contributed by atoms with van der Waals surface area (Å²) in [4.78, 5) is 31.2. The van der Waals surface area contributed by atoms with Gasteiger partial charge in [0.15, 0.2) is 0 Å². The fourth-order valence-electron chi connectivity index (χ4n) is 3.29. The predicted octanol–water partition coefficient (Wildman–Crippen LogP) is 3.08. The van der Waals surface area contributed by atoms with Gasteiger partial charge in [0.1, 0.15) is 0 Å². The maximum Gasteiger partial charge on any atom is 0.263 e. The summed E-state index contributed by atoms with van der Waals surface area (Å²) >= 11 is 3.16. The zero-order chi connectivity index (χ0) is 18.5. The maximum absolute atomic E-state index is 12.7. The molecule has 3 rings (SSSR count). The average molecular weight is 392 g/mol. The van der Waals surface area contributed by atoms with Gasteiger partial charge in [-0.15, -0.1) is 22.7 Å².